The minimum absolute atomic E-state index is 0.417. The lowest BCUT2D eigenvalue weighted by Crippen LogP contribution is -2.06. The van der Waals surface area contributed by atoms with Crippen LogP contribution in [0, 0.1) is 0 Å². The van der Waals surface area contributed by atoms with Crippen LogP contribution in [-0.4, -0.2) is 10.1 Å². The minimum atomic E-state index is -0.650. The monoisotopic (exact) mass is 326 g/mol. The summed E-state index contributed by atoms with van der Waals surface area (Å²) in [6, 6.07) is 8.96. The molecule has 3 N–H and O–H groups in total. The summed E-state index contributed by atoms with van der Waals surface area (Å²) in [4.78, 5) is 4.00. The molecule has 0 fully saturated rings. The SMILES string of the molecule is Nc1ncccc1CC(O)c1ccc(Cl)cc1Br. The number of nitrogens with zero attached hydrogens (tertiary/aromatic N) is 1. The fourth-order valence-electron chi connectivity index (χ4n) is 1.71. The molecule has 18 heavy (non-hydrogen) atoms. The first-order valence-corrected chi connectivity index (χ1v) is 6.57. The van der Waals surface area contributed by atoms with Crippen LogP contribution >= 0.6 is 27.5 Å². The zero-order valence-electron chi connectivity index (χ0n) is 9.48. The van der Waals surface area contributed by atoms with Gasteiger partial charge in [0.15, 0.2) is 0 Å². The van der Waals surface area contributed by atoms with Gasteiger partial charge in [0.05, 0.1) is 6.10 Å². The van der Waals surface area contributed by atoms with Crippen molar-refractivity contribution in [1.29, 1.82) is 0 Å². The Morgan fingerprint density at radius 3 is 2.83 bits per heavy atom. The summed E-state index contributed by atoms with van der Waals surface area (Å²) < 4.78 is 0.782. The Morgan fingerprint density at radius 1 is 1.39 bits per heavy atom. The van der Waals surface area contributed by atoms with E-state index in [1.54, 1.807) is 30.5 Å². The third-order valence-corrected chi connectivity index (χ3v) is 3.58. The van der Waals surface area contributed by atoms with E-state index in [0.29, 0.717) is 17.3 Å². The van der Waals surface area contributed by atoms with Crippen LogP contribution in [-0.2, 0) is 6.42 Å². The summed E-state index contributed by atoms with van der Waals surface area (Å²) in [6.45, 7) is 0. The van der Waals surface area contributed by atoms with E-state index in [9.17, 15) is 5.11 Å². The fraction of sp³-hybridized carbons (Fsp3) is 0.154. The number of aromatic nitrogens is 1. The van der Waals surface area contributed by atoms with Gasteiger partial charge in [0.2, 0.25) is 0 Å². The standard InChI is InChI=1S/C13H12BrClN2O/c14-11-7-9(15)3-4-10(11)12(18)6-8-2-1-5-17-13(8)16/h1-5,7,12,18H,6H2,(H2,16,17). The maximum atomic E-state index is 10.2. The first kappa shape index (κ1) is 13.3. The van der Waals surface area contributed by atoms with Gasteiger partial charge in [0.1, 0.15) is 5.82 Å². The number of pyridine rings is 1. The highest BCUT2D eigenvalue weighted by Crippen LogP contribution is 2.29. The Kier molecular flexibility index (Phi) is 4.22. The topological polar surface area (TPSA) is 59.1 Å². The quantitative estimate of drug-likeness (QED) is 0.909. The zero-order valence-corrected chi connectivity index (χ0v) is 11.8. The lowest BCUT2D eigenvalue weighted by molar-refractivity contribution is 0.178. The number of hydrogen-bond acceptors (Lipinski definition) is 3. The average Bonchev–Trinajstić information content (AvgIpc) is 2.32. The van der Waals surface area contributed by atoms with Crippen LogP contribution in [0.5, 0.6) is 0 Å². The molecule has 1 aromatic carbocycles. The number of aliphatic hydroxyl groups excluding tert-OH is 1. The molecule has 1 atom stereocenters. The molecule has 0 aliphatic carbocycles. The van der Waals surface area contributed by atoms with Gasteiger partial charge < -0.3 is 10.8 Å². The molecule has 0 saturated carbocycles. The molecule has 1 aromatic heterocycles. The molecule has 1 unspecified atom stereocenters. The zero-order chi connectivity index (χ0) is 13.1. The molecule has 0 spiro atoms. The summed E-state index contributed by atoms with van der Waals surface area (Å²) in [5.41, 5.74) is 7.36. The Morgan fingerprint density at radius 2 is 2.17 bits per heavy atom. The van der Waals surface area contributed by atoms with Crippen LogP contribution in [0.3, 0.4) is 0 Å². The maximum Gasteiger partial charge on any atom is 0.126 e. The highest BCUT2D eigenvalue weighted by atomic mass is 79.9. The van der Waals surface area contributed by atoms with Gasteiger partial charge in [-0.2, -0.15) is 0 Å². The molecule has 0 aliphatic rings. The molecule has 0 amide bonds. The Balaban J connectivity index is 2.22. The predicted octanol–water partition coefficient (Wildman–Crippen LogP) is 3.36. The van der Waals surface area contributed by atoms with Crippen molar-refractivity contribution >= 4 is 33.3 Å². The summed E-state index contributed by atoms with van der Waals surface area (Å²) in [5.74, 6) is 0.446. The summed E-state index contributed by atoms with van der Waals surface area (Å²) in [7, 11) is 0. The molecule has 2 aromatic rings. The smallest absolute Gasteiger partial charge is 0.126 e. The lowest BCUT2D eigenvalue weighted by atomic mass is 10.0. The number of hydrogen-bond donors (Lipinski definition) is 2. The largest absolute Gasteiger partial charge is 0.388 e. The third kappa shape index (κ3) is 3.02. The van der Waals surface area contributed by atoms with E-state index in [1.807, 2.05) is 6.07 Å². The third-order valence-electron chi connectivity index (χ3n) is 2.66. The number of benzene rings is 1. The summed E-state index contributed by atoms with van der Waals surface area (Å²) >= 11 is 9.25. The van der Waals surface area contributed by atoms with E-state index in [4.69, 9.17) is 17.3 Å². The van der Waals surface area contributed by atoms with Gasteiger partial charge in [-0.15, -0.1) is 0 Å². The Bertz CT molecular complexity index is 562. The van der Waals surface area contributed by atoms with Crippen molar-refractivity contribution in [2.45, 2.75) is 12.5 Å². The van der Waals surface area contributed by atoms with E-state index < -0.39 is 6.10 Å². The number of rotatable bonds is 3. The van der Waals surface area contributed by atoms with E-state index in [0.717, 1.165) is 15.6 Å². The van der Waals surface area contributed by atoms with Crippen molar-refractivity contribution < 1.29 is 5.11 Å². The van der Waals surface area contributed by atoms with Gasteiger partial charge in [-0.05, 0) is 29.3 Å². The number of halogens is 2. The summed E-state index contributed by atoms with van der Waals surface area (Å²) in [6.07, 6.45) is 1.40. The molecule has 2 rings (SSSR count). The molecular weight excluding hydrogens is 316 g/mol. The van der Waals surface area contributed by atoms with Crippen LogP contribution in [0.4, 0.5) is 5.82 Å². The Labute approximate surface area is 119 Å². The van der Waals surface area contributed by atoms with Gasteiger partial charge in [0.25, 0.3) is 0 Å². The van der Waals surface area contributed by atoms with Gasteiger partial charge in [0, 0.05) is 22.1 Å². The van der Waals surface area contributed by atoms with E-state index in [2.05, 4.69) is 20.9 Å². The van der Waals surface area contributed by atoms with Crippen molar-refractivity contribution in [3.05, 3.63) is 57.2 Å². The van der Waals surface area contributed by atoms with Crippen molar-refractivity contribution in [2.24, 2.45) is 0 Å². The highest BCUT2D eigenvalue weighted by Gasteiger charge is 2.14. The predicted molar refractivity (Wildman–Crippen MR) is 76.5 cm³/mol. The van der Waals surface area contributed by atoms with Crippen LogP contribution in [0.15, 0.2) is 41.0 Å². The molecule has 0 aliphatic heterocycles. The molecule has 5 heteroatoms. The first-order valence-electron chi connectivity index (χ1n) is 5.40. The molecule has 1 heterocycles. The number of aliphatic hydroxyl groups is 1. The summed E-state index contributed by atoms with van der Waals surface area (Å²) in [5, 5.41) is 10.8. The second kappa shape index (κ2) is 5.69. The number of anilines is 1. The van der Waals surface area contributed by atoms with Gasteiger partial charge in [-0.25, -0.2) is 4.98 Å². The number of nitrogen functional groups attached to an aromatic ring is 1. The normalized spacial score (nSPS) is 12.4. The van der Waals surface area contributed by atoms with Crippen molar-refractivity contribution in [3.8, 4) is 0 Å². The van der Waals surface area contributed by atoms with Crippen LogP contribution in [0.25, 0.3) is 0 Å². The molecule has 0 saturated heterocycles. The molecule has 3 nitrogen and oxygen atoms in total. The number of nitrogens with two attached hydrogens (primary N) is 1. The van der Waals surface area contributed by atoms with Crippen LogP contribution in [0.1, 0.15) is 17.2 Å². The molecular formula is C13H12BrClN2O. The fourth-order valence-corrected chi connectivity index (χ4v) is 2.66. The molecule has 94 valence electrons. The van der Waals surface area contributed by atoms with Crippen molar-refractivity contribution in [2.75, 3.05) is 5.73 Å². The second-order valence-corrected chi connectivity index (χ2v) is 5.22. The van der Waals surface area contributed by atoms with E-state index in [1.165, 1.54) is 0 Å². The lowest BCUT2D eigenvalue weighted by Gasteiger charge is -2.14. The van der Waals surface area contributed by atoms with Gasteiger partial charge in [-0.3, -0.25) is 0 Å². The van der Waals surface area contributed by atoms with Crippen molar-refractivity contribution in [1.82, 2.24) is 4.98 Å². The Hall–Kier alpha value is -1.10. The second-order valence-electron chi connectivity index (χ2n) is 3.93. The van der Waals surface area contributed by atoms with Crippen molar-refractivity contribution in [3.63, 3.8) is 0 Å². The van der Waals surface area contributed by atoms with Gasteiger partial charge >= 0.3 is 0 Å². The van der Waals surface area contributed by atoms with Gasteiger partial charge in [-0.1, -0.05) is 39.7 Å². The minimum Gasteiger partial charge on any atom is -0.388 e. The van der Waals surface area contributed by atoms with Crippen LogP contribution < -0.4 is 5.73 Å². The average molecular weight is 328 g/mol. The maximum absolute atomic E-state index is 10.2. The molecule has 0 bridgehead atoms. The van der Waals surface area contributed by atoms with Crippen LogP contribution in [0.2, 0.25) is 5.02 Å². The molecule has 0 radical (unpaired) electrons. The van der Waals surface area contributed by atoms with E-state index >= 15 is 0 Å². The van der Waals surface area contributed by atoms with E-state index in [-0.39, 0.29) is 0 Å². The highest BCUT2D eigenvalue weighted by molar-refractivity contribution is 9.10. The first-order chi connectivity index (χ1) is 8.58.